The van der Waals surface area contributed by atoms with Crippen molar-refractivity contribution in [1.29, 1.82) is 0 Å². The fourth-order valence-corrected chi connectivity index (χ4v) is 3.26. The van der Waals surface area contributed by atoms with Gasteiger partial charge in [0, 0.05) is 37.9 Å². The number of rotatable bonds is 3. The monoisotopic (exact) mass is 263 g/mol. The van der Waals surface area contributed by atoms with Gasteiger partial charge in [-0.3, -0.25) is 9.58 Å². The first-order valence-electron chi connectivity index (χ1n) is 7.41. The van der Waals surface area contributed by atoms with E-state index in [0.29, 0.717) is 6.04 Å². The second-order valence-corrected chi connectivity index (χ2v) is 6.54. The predicted molar refractivity (Wildman–Crippen MR) is 74.6 cm³/mol. The van der Waals surface area contributed by atoms with Gasteiger partial charge < -0.3 is 5.32 Å². The van der Waals surface area contributed by atoms with E-state index in [1.165, 1.54) is 19.3 Å². The van der Waals surface area contributed by atoms with Crippen molar-refractivity contribution in [3.8, 4) is 0 Å². The van der Waals surface area contributed by atoms with Gasteiger partial charge in [-0.1, -0.05) is 5.21 Å². The van der Waals surface area contributed by atoms with Crippen LogP contribution in [0.25, 0.3) is 0 Å². The molecule has 1 saturated heterocycles. The van der Waals surface area contributed by atoms with Crippen LogP contribution in [0.2, 0.25) is 0 Å². The Labute approximate surface area is 115 Å². The van der Waals surface area contributed by atoms with Crippen molar-refractivity contribution in [3.05, 3.63) is 11.9 Å². The Kier molecular flexibility index (Phi) is 3.35. The third-order valence-corrected chi connectivity index (χ3v) is 4.74. The summed E-state index contributed by atoms with van der Waals surface area (Å²) >= 11 is 0. The number of hydrogen-bond acceptors (Lipinski definition) is 4. The molecule has 2 atom stereocenters. The Bertz CT molecular complexity index is 439. The van der Waals surface area contributed by atoms with E-state index in [9.17, 15) is 0 Å². The zero-order chi connectivity index (χ0) is 13.5. The van der Waals surface area contributed by atoms with Crippen molar-refractivity contribution in [3.63, 3.8) is 0 Å². The van der Waals surface area contributed by atoms with E-state index in [-0.39, 0.29) is 5.54 Å². The lowest BCUT2D eigenvalue weighted by Gasteiger charge is -2.35. The highest BCUT2D eigenvalue weighted by Crippen LogP contribution is 2.41. The van der Waals surface area contributed by atoms with Gasteiger partial charge in [0.1, 0.15) is 0 Å². The Morgan fingerprint density at radius 1 is 1.42 bits per heavy atom. The molecule has 2 heterocycles. The molecular weight excluding hydrogens is 238 g/mol. The second kappa shape index (κ2) is 4.87. The summed E-state index contributed by atoms with van der Waals surface area (Å²) in [6.45, 7) is 7.89. The molecule has 0 amide bonds. The number of nitrogens with one attached hydrogen (secondary N) is 1. The maximum Gasteiger partial charge on any atom is 0.0967 e. The summed E-state index contributed by atoms with van der Waals surface area (Å²) in [6, 6.07) is 0.607. The number of aryl methyl sites for hydroxylation is 1. The van der Waals surface area contributed by atoms with E-state index in [1.54, 1.807) is 4.68 Å². The molecule has 0 radical (unpaired) electrons. The van der Waals surface area contributed by atoms with Crippen LogP contribution in [0.1, 0.15) is 38.8 Å². The van der Waals surface area contributed by atoms with E-state index in [4.69, 9.17) is 0 Å². The molecule has 5 nitrogen and oxygen atoms in total. The van der Waals surface area contributed by atoms with Crippen molar-refractivity contribution >= 4 is 0 Å². The van der Waals surface area contributed by atoms with Gasteiger partial charge in [-0.15, -0.1) is 5.10 Å². The first-order valence-corrected chi connectivity index (χ1v) is 7.41. The molecule has 0 aromatic carbocycles. The zero-order valence-corrected chi connectivity index (χ0v) is 12.3. The summed E-state index contributed by atoms with van der Waals surface area (Å²) in [6.07, 6.45) is 6.01. The molecule has 5 heteroatoms. The predicted octanol–water partition coefficient (Wildman–Crippen LogP) is 1.17. The van der Waals surface area contributed by atoms with Crippen LogP contribution in [-0.4, -0.2) is 44.6 Å². The van der Waals surface area contributed by atoms with E-state index in [0.717, 1.165) is 31.2 Å². The van der Waals surface area contributed by atoms with Crippen molar-refractivity contribution in [2.45, 2.75) is 51.2 Å². The molecule has 106 valence electrons. The lowest BCUT2D eigenvalue weighted by Crippen LogP contribution is -2.51. The van der Waals surface area contributed by atoms with Crippen molar-refractivity contribution in [2.24, 2.45) is 13.0 Å². The fraction of sp³-hybridized carbons (Fsp3) is 0.857. The SMILES string of the molecule is CC1CCNC(C)(C2CC2)CN1Cc1cn(C)nn1. The lowest BCUT2D eigenvalue weighted by molar-refractivity contribution is 0.153. The van der Waals surface area contributed by atoms with Crippen LogP contribution in [0.5, 0.6) is 0 Å². The van der Waals surface area contributed by atoms with Gasteiger partial charge in [-0.2, -0.15) is 0 Å². The normalized spacial score (nSPS) is 33.3. The maximum absolute atomic E-state index is 4.23. The molecule has 1 aromatic rings. The Balaban J connectivity index is 1.73. The minimum atomic E-state index is 0.285. The molecule has 1 saturated carbocycles. The van der Waals surface area contributed by atoms with Crippen LogP contribution in [0.4, 0.5) is 0 Å². The molecule has 0 bridgehead atoms. The largest absolute Gasteiger partial charge is 0.310 e. The highest BCUT2D eigenvalue weighted by molar-refractivity contribution is 5.03. The summed E-state index contributed by atoms with van der Waals surface area (Å²) < 4.78 is 1.79. The quantitative estimate of drug-likeness (QED) is 0.889. The van der Waals surface area contributed by atoms with E-state index >= 15 is 0 Å². The number of nitrogens with zero attached hydrogens (tertiary/aromatic N) is 4. The Morgan fingerprint density at radius 2 is 2.21 bits per heavy atom. The molecule has 3 rings (SSSR count). The molecule has 0 spiro atoms. The second-order valence-electron chi connectivity index (χ2n) is 6.54. The molecule has 2 fully saturated rings. The third kappa shape index (κ3) is 2.82. The number of hydrogen-bond donors (Lipinski definition) is 1. The Morgan fingerprint density at radius 3 is 2.84 bits per heavy atom. The summed E-state index contributed by atoms with van der Waals surface area (Å²) in [5, 5.41) is 12.1. The van der Waals surface area contributed by atoms with Gasteiger partial charge in [-0.25, -0.2) is 0 Å². The lowest BCUT2D eigenvalue weighted by atomic mass is 9.95. The molecule has 1 aromatic heterocycles. The van der Waals surface area contributed by atoms with Gasteiger partial charge in [0.15, 0.2) is 0 Å². The van der Waals surface area contributed by atoms with Crippen LogP contribution in [0, 0.1) is 5.92 Å². The molecule has 1 aliphatic carbocycles. The minimum absolute atomic E-state index is 0.285. The van der Waals surface area contributed by atoms with Gasteiger partial charge in [0.25, 0.3) is 0 Å². The maximum atomic E-state index is 4.23. The molecule has 19 heavy (non-hydrogen) atoms. The van der Waals surface area contributed by atoms with Gasteiger partial charge >= 0.3 is 0 Å². The molecule has 1 N–H and O–H groups in total. The van der Waals surface area contributed by atoms with Gasteiger partial charge in [0.2, 0.25) is 0 Å². The molecule has 1 aliphatic heterocycles. The van der Waals surface area contributed by atoms with Crippen LogP contribution in [0.15, 0.2) is 6.20 Å². The van der Waals surface area contributed by atoms with Crippen LogP contribution < -0.4 is 5.32 Å². The van der Waals surface area contributed by atoms with E-state index in [1.807, 2.05) is 13.2 Å². The molecular formula is C14H25N5. The average molecular weight is 263 g/mol. The van der Waals surface area contributed by atoms with E-state index < -0.39 is 0 Å². The van der Waals surface area contributed by atoms with E-state index in [2.05, 4.69) is 34.4 Å². The first kappa shape index (κ1) is 13.1. The zero-order valence-electron chi connectivity index (χ0n) is 12.3. The molecule has 2 unspecified atom stereocenters. The average Bonchev–Trinajstić information content (AvgIpc) is 3.14. The highest BCUT2D eigenvalue weighted by atomic mass is 15.4. The minimum Gasteiger partial charge on any atom is -0.310 e. The van der Waals surface area contributed by atoms with Crippen LogP contribution in [0.3, 0.4) is 0 Å². The molecule has 2 aliphatic rings. The van der Waals surface area contributed by atoms with Crippen molar-refractivity contribution in [1.82, 2.24) is 25.2 Å². The van der Waals surface area contributed by atoms with Gasteiger partial charge in [0.05, 0.1) is 5.69 Å². The summed E-state index contributed by atoms with van der Waals surface area (Å²) in [5.74, 6) is 0.863. The summed E-state index contributed by atoms with van der Waals surface area (Å²) in [5.41, 5.74) is 1.36. The van der Waals surface area contributed by atoms with Crippen molar-refractivity contribution < 1.29 is 0 Å². The van der Waals surface area contributed by atoms with Gasteiger partial charge in [-0.05, 0) is 45.6 Å². The summed E-state index contributed by atoms with van der Waals surface area (Å²) in [7, 11) is 1.93. The topological polar surface area (TPSA) is 46.0 Å². The first-order chi connectivity index (χ1) is 9.07. The van der Waals surface area contributed by atoms with Crippen LogP contribution >= 0.6 is 0 Å². The van der Waals surface area contributed by atoms with Crippen LogP contribution in [-0.2, 0) is 13.6 Å². The van der Waals surface area contributed by atoms with Crippen molar-refractivity contribution in [2.75, 3.05) is 13.1 Å². The third-order valence-electron chi connectivity index (χ3n) is 4.74. The number of aromatic nitrogens is 3. The standard InChI is InChI=1S/C14H25N5/c1-11-6-7-15-14(2,12-4-5-12)10-19(11)9-13-8-18(3)17-16-13/h8,11-12,15H,4-7,9-10H2,1-3H3. The smallest absolute Gasteiger partial charge is 0.0967 e. The highest BCUT2D eigenvalue weighted by Gasteiger charge is 2.43. The Hall–Kier alpha value is -0.940. The fourth-order valence-electron chi connectivity index (χ4n) is 3.26. The summed E-state index contributed by atoms with van der Waals surface area (Å²) in [4.78, 5) is 2.57.